The first-order valence-electron chi connectivity index (χ1n) is 14.3. The van der Waals surface area contributed by atoms with Gasteiger partial charge in [-0.3, -0.25) is 19.2 Å². The number of hydrogen-bond donors (Lipinski definition) is 0. The predicted molar refractivity (Wildman–Crippen MR) is 145 cm³/mol. The average molecular weight is 537 g/mol. The van der Waals surface area contributed by atoms with Crippen LogP contribution in [-0.4, -0.2) is 50.3 Å². The normalized spacial score (nSPS) is 20.5. The van der Waals surface area contributed by atoms with E-state index >= 15 is 0 Å². The Bertz CT molecular complexity index is 668. The number of esters is 4. The maximum absolute atomic E-state index is 13.0. The summed E-state index contributed by atoms with van der Waals surface area (Å²) in [5, 5.41) is 0. The van der Waals surface area contributed by atoms with E-state index in [0.717, 1.165) is 0 Å². The van der Waals surface area contributed by atoms with Crippen LogP contribution in [0.2, 0.25) is 0 Å². The van der Waals surface area contributed by atoms with Crippen LogP contribution in [0.5, 0.6) is 0 Å². The lowest BCUT2D eigenvalue weighted by Crippen LogP contribution is -2.42. The minimum Gasteiger partial charge on any atom is -0.465 e. The van der Waals surface area contributed by atoms with Crippen LogP contribution in [0.3, 0.4) is 0 Å². The molecule has 0 radical (unpaired) electrons. The van der Waals surface area contributed by atoms with Crippen molar-refractivity contribution in [2.24, 2.45) is 10.8 Å². The molecular formula is C30H48O8. The van der Waals surface area contributed by atoms with Gasteiger partial charge in [-0.15, -0.1) is 0 Å². The van der Waals surface area contributed by atoms with Crippen molar-refractivity contribution in [1.82, 2.24) is 0 Å². The maximum atomic E-state index is 13.0. The van der Waals surface area contributed by atoms with Crippen LogP contribution in [0.15, 0.2) is 24.3 Å². The summed E-state index contributed by atoms with van der Waals surface area (Å²) >= 11 is 0. The van der Waals surface area contributed by atoms with Crippen molar-refractivity contribution >= 4 is 23.9 Å². The van der Waals surface area contributed by atoms with Gasteiger partial charge in [0.1, 0.15) is 0 Å². The molecule has 0 amide bonds. The molecule has 0 atom stereocenters. The van der Waals surface area contributed by atoms with E-state index in [1.54, 1.807) is 27.7 Å². The lowest BCUT2D eigenvalue weighted by Gasteiger charge is -2.29. The van der Waals surface area contributed by atoms with Gasteiger partial charge in [0.15, 0.2) is 10.8 Å². The quantitative estimate of drug-likeness (QED) is 0.160. The van der Waals surface area contributed by atoms with Crippen molar-refractivity contribution in [3.8, 4) is 0 Å². The van der Waals surface area contributed by atoms with E-state index in [9.17, 15) is 19.2 Å². The number of allylic oxidation sites excluding steroid dienone is 4. The SMILES string of the molecule is CCOC(=O)C1(C(=O)OCC)CCC/C=C/CCCC(C(=O)OCC)(C(=O)OCC)CCC/C=C/CCC1. The van der Waals surface area contributed by atoms with Crippen LogP contribution in [0.4, 0.5) is 0 Å². The number of rotatable bonds is 8. The molecule has 0 spiro atoms. The minimum absolute atomic E-state index is 0.207. The van der Waals surface area contributed by atoms with Gasteiger partial charge in [-0.1, -0.05) is 24.3 Å². The van der Waals surface area contributed by atoms with E-state index in [4.69, 9.17) is 18.9 Å². The van der Waals surface area contributed by atoms with Crippen molar-refractivity contribution in [3.63, 3.8) is 0 Å². The first kappa shape index (κ1) is 33.4. The summed E-state index contributed by atoms with van der Waals surface area (Å²) < 4.78 is 21.3. The standard InChI is InChI=1S/C30H48O8/c1-5-35-25(31)29(26(32)36-6-2)21-17-13-9-11-15-19-23-30(27(33)37-7-3,28(34)38-8-4)24-20-16-12-10-14-18-22-29/h9-12H,5-8,13-24H2,1-4H3/b11-9+,12-10+. The Morgan fingerprint density at radius 1 is 0.474 bits per heavy atom. The average Bonchev–Trinajstić information content (AvgIpc) is 2.89. The van der Waals surface area contributed by atoms with Gasteiger partial charge in [0.25, 0.3) is 0 Å². The summed E-state index contributed by atoms with van der Waals surface area (Å²) in [4.78, 5) is 52.0. The molecule has 0 saturated carbocycles. The molecule has 0 aromatic rings. The van der Waals surface area contributed by atoms with E-state index in [2.05, 4.69) is 0 Å². The lowest BCUT2D eigenvalue weighted by atomic mass is 9.77. The second-order valence-corrected chi connectivity index (χ2v) is 9.56. The van der Waals surface area contributed by atoms with Crippen molar-refractivity contribution in [2.75, 3.05) is 26.4 Å². The predicted octanol–water partition coefficient (Wildman–Crippen LogP) is 6.02. The second-order valence-electron chi connectivity index (χ2n) is 9.56. The highest BCUT2D eigenvalue weighted by atomic mass is 16.6. The third-order valence-electron chi connectivity index (χ3n) is 6.90. The van der Waals surface area contributed by atoms with Gasteiger partial charge in [-0.05, 0) is 105 Å². The zero-order chi connectivity index (χ0) is 28.3. The molecule has 38 heavy (non-hydrogen) atoms. The van der Waals surface area contributed by atoms with Crippen molar-refractivity contribution in [3.05, 3.63) is 24.3 Å². The molecule has 0 heterocycles. The second kappa shape index (κ2) is 18.6. The Kier molecular flexibility index (Phi) is 16.3. The zero-order valence-corrected chi connectivity index (χ0v) is 23.9. The Hall–Kier alpha value is -2.64. The van der Waals surface area contributed by atoms with E-state index in [0.29, 0.717) is 77.0 Å². The third-order valence-corrected chi connectivity index (χ3v) is 6.90. The van der Waals surface area contributed by atoms with E-state index in [-0.39, 0.29) is 26.4 Å². The molecule has 0 N–H and O–H groups in total. The molecule has 0 unspecified atom stereocenters. The van der Waals surface area contributed by atoms with Crippen LogP contribution in [0.25, 0.3) is 0 Å². The molecule has 0 bridgehead atoms. The zero-order valence-electron chi connectivity index (χ0n) is 23.9. The molecule has 8 heteroatoms. The Morgan fingerprint density at radius 2 is 0.684 bits per heavy atom. The summed E-state index contributed by atoms with van der Waals surface area (Å²) in [7, 11) is 0. The molecule has 8 nitrogen and oxygen atoms in total. The molecule has 0 aliphatic heterocycles. The number of ether oxygens (including phenoxy) is 4. The molecular weight excluding hydrogens is 488 g/mol. The van der Waals surface area contributed by atoms with Crippen LogP contribution >= 0.6 is 0 Å². The monoisotopic (exact) mass is 536 g/mol. The molecule has 1 rings (SSSR count). The summed E-state index contributed by atoms with van der Waals surface area (Å²) in [6.07, 6.45) is 14.7. The number of carbonyl (C=O) groups excluding carboxylic acids is 4. The van der Waals surface area contributed by atoms with Crippen molar-refractivity contribution in [1.29, 1.82) is 0 Å². The van der Waals surface area contributed by atoms with Crippen molar-refractivity contribution in [2.45, 2.75) is 105 Å². The van der Waals surface area contributed by atoms with Gasteiger partial charge in [0, 0.05) is 0 Å². The van der Waals surface area contributed by atoms with Crippen molar-refractivity contribution < 1.29 is 38.1 Å². The van der Waals surface area contributed by atoms with Crippen LogP contribution in [-0.2, 0) is 38.1 Å². The summed E-state index contributed by atoms with van der Waals surface area (Å²) in [6, 6.07) is 0. The fourth-order valence-corrected chi connectivity index (χ4v) is 4.87. The summed E-state index contributed by atoms with van der Waals surface area (Å²) in [5.74, 6) is -2.02. The Morgan fingerprint density at radius 3 is 0.868 bits per heavy atom. The molecule has 1 aliphatic carbocycles. The fourth-order valence-electron chi connectivity index (χ4n) is 4.87. The van der Waals surface area contributed by atoms with Gasteiger partial charge in [0.05, 0.1) is 26.4 Å². The Balaban J connectivity index is 3.11. The molecule has 0 fully saturated rings. The first-order chi connectivity index (χ1) is 18.3. The van der Waals surface area contributed by atoms with Gasteiger partial charge >= 0.3 is 23.9 Å². The highest BCUT2D eigenvalue weighted by Crippen LogP contribution is 2.36. The maximum Gasteiger partial charge on any atom is 0.323 e. The van der Waals surface area contributed by atoms with Crippen LogP contribution < -0.4 is 0 Å². The third kappa shape index (κ3) is 9.91. The van der Waals surface area contributed by atoms with Gasteiger partial charge < -0.3 is 18.9 Å². The minimum atomic E-state index is -1.29. The van der Waals surface area contributed by atoms with Crippen LogP contribution in [0.1, 0.15) is 105 Å². The molecule has 0 aromatic carbocycles. The summed E-state index contributed by atoms with van der Waals surface area (Å²) in [5.41, 5.74) is -2.59. The lowest BCUT2D eigenvalue weighted by molar-refractivity contribution is -0.175. The van der Waals surface area contributed by atoms with Gasteiger partial charge in [0.2, 0.25) is 0 Å². The highest BCUT2D eigenvalue weighted by molar-refractivity contribution is 6.00. The first-order valence-corrected chi connectivity index (χ1v) is 14.3. The fraction of sp³-hybridized carbons (Fsp3) is 0.733. The molecule has 216 valence electrons. The largest absolute Gasteiger partial charge is 0.465 e. The molecule has 0 saturated heterocycles. The topological polar surface area (TPSA) is 105 Å². The summed E-state index contributed by atoms with van der Waals surface area (Å²) in [6.45, 7) is 7.78. The Labute approximate surface area is 228 Å². The molecule has 1 aliphatic rings. The van der Waals surface area contributed by atoms with E-state index < -0.39 is 34.7 Å². The molecule has 0 aromatic heterocycles. The van der Waals surface area contributed by atoms with E-state index in [1.165, 1.54) is 0 Å². The van der Waals surface area contributed by atoms with Crippen LogP contribution in [0, 0.1) is 10.8 Å². The number of hydrogen-bond acceptors (Lipinski definition) is 8. The van der Waals surface area contributed by atoms with Gasteiger partial charge in [-0.2, -0.15) is 0 Å². The smallest absolute Gasteiger partial charge is 0.323 e. The highest BCUT2D eigenvalue weighted by Gasteiger charge is 2.48. The van der Waals surface area contributed by atoms with Gasteiger partial charge in [-0.25, -0.2) is 0 Å². The number of carbonyl (C=O) groups is 4. The van der Waals surface area contributed by atoms with E-state index in [1.807, 2.05) is 24.3 Å².